The molecule has 2 heterocycles. The first kappa shape index (κ1) is 44.5. The van der Waals surface area contributed by atoms with Gasteiger partial charge in [-0.05, 0) is 42.5 Å². The van der Waals surface area contributed by atoms with E-state index < -0.39 is 171 Å². The fourth-order valence-corrected chi connectivity index (χ4v) is 8.17. The summed E-state index contributed by atoms with van der Waals surface area (Å²) in [5.74, 6) is -16.8. The van der Waals surface area contributed by atoms with Crippen LogP contribution < -0.4 is 9.47 Å². The SMILES string of the molecule is O=C(O[C@@H]1Cc2c(cc(O)c(Cc3c(O)cc(O)c4c3O[C@H](C3C=C(O)C(O)=C(O)C3)[C@H](OC(=O)c3cc(O)c(O)c(O)c3)C4)c2O)O[C@@H]1c1cc(O)c(O)c(O)c1)c1cc(O)c(O)c(O)c1. The Balaban J connectivity index is 1.17. The Morgan fingerprint density at radius 2 is 1.00 bits per heavy atom. The molecule has 67 heavy (non-hydrogen) atoms. The van der Waals surface area contributed by atoms with E-state index in [9.17, 15) is 91.3 Å². The molecule has 1 unspecified atom stereocenters. The molecule has 3 aliphatic rings. The number of aliphatic hydroxyl groups excluding tert-OH is 3. The number of ether oxygens (including phenoxy) is 4. The summed E-state index contributed by atoms with van der Waals surface area (Å²) in [4.78, 5) is 26.9. The maximum atomic E-state index is 13.5. The van der Waals surface area contributed by atoms with Crippen LogP contribution in [0.4, 0.5) is 0 Å². The molecule has 8 rings (SSSR count). The second kappa shape index (κ2) is 16.5. The molecule has 0 saturated carbocycles. The predicted octanol–water partition coefficient (Wildman–Crippen LogP) is 4.67. The summed E-state index contributed by atoms with van der Waals surface area (Å²) in [6.07, 6.45) is -6.68. The van der Waals surface area contributed by atoms with E-state index in [4.69, 9.17) is 18.9 Å². The standard InChI is InChI=1S/C45H38O22/c46-22-12-23(47)20-10-34(65-44(62)16-5-29(53)39(60)30(54)6-16)42(15-3-27(51)38(59)28(52)4-15)67-43(20)19(22)9-18-24(48)13-33-21(36(18)57)11-35(41(64-33)14-1-25(49)37(58)26(50)2-14)66-45(63)17-7-31(55)40(61)32(56)8-17/h1-3,5-8,12-13,15,34-35,41-42,46-61H,4,9-11H2/t15?,34-,35-,41-,42-/m1/s1. The highest BCUT2D eigenvalue weighted by atomic mass is 16.6. The van der Waals surface area contributed by atoms with Crippen molar-refractivity contribution in [1.82, 2.24) is 0 Å². The summed E-state index contributed by atoms with van der Waals surface area (Å²) < 4.78 is 23.8. The number of benzene rings is 5. The van der Waals surface area contributed by atoms with Crippen molar-refractivity contribution in [3.8, 4) is 86.2 Å². The Labute approximate surface area is 374 Å². The fourth-order valence-electron chi connectivity index (χ4n) is 8.17. The third-order valence-corrected chi connectivity index (χ3v) is 11.5. The van der Waals surface area contributed by atoms with Crippen molar-refractivity contribution in [2.75, 3.05) is 0 Å². The highest BCUT2D eigenvalue weighted by Crippen LogP contribution is 2.51. The summed E-state index contributed by atoms with van der Waals surface area (Å²) in [7, 11) is 0. The van der Waals surface area contributed by atoms with Crippen molar-refractivity contribution in [2.24, 2.45) is 5.92 Å². The van der Waals surface area contributed by atoms with Gasteiger partial charge >= 0.3 is 11.9 Å². The molecule has 0 amide bonds. The Morgan fingerprint density at radius 3 is 1.54 bits per heavy atom. The van der Waals surface area contributed by atoms with Crippen LogP contribution >= 0.6 is 0 Å². The van der Waals surface area contributed by atoms with Crippen molar-refractivity contribution in [3.63, 3.8) is 0 Å². The second-order valence-corrected chi connectivity index (χ2v) is 15.8. The van der Waals surface area contributed by atoms with Gasteiger partial charge in [0, 0.05) is 71.6 Å². The maximum absolute atomic E-state index is 13.5. The Bertz CT molecular complexity index is 2900. The molecular weight excluding hydrogens is 892 g/mol. The molecule has 0 saturated heterocycles. The number of phenols is 13. The Hall–Kier alpha value is -9.08. The molecule has 0 fully saturated rings. The average Bonchev–Trinajstić information content (AvgIpc) is 3.27. The quantitative estimate of drug-likeness (QED) is 0.0742. The highest BCUT2D eigenvalue weighted by Gasteiger charge is 2.44. The maximum Gasteiger partial charge on any atom is 0.338 e. The van der Waals surface area contributed by atoms with E-state index in [1.165, 1.54) is 0 Å². The van der Waals surface area contributed by atoms with Crippen LogP contribution in [0.3, 0.4) is 0 Å². The van der Waals surface area contributed by atoms with Crippen molar-refractivity contribution in [1.29, 1.82) is 0 Å². The van der Waals surface area contributed by atoms with Gasteiger partial charge in [0.25, 0.3) is 0 Å². The minimum Gasteiger partial charge on any atom is -0.508 e. The van der Waals surface area contributed by atoms with Crippen molar-refractivity contribution < 1.29 is 110 Å². The number of aliphatic hydroxyl groups is 3. The van der Waals surface area contributed by atoms with Gasteiger partial charge in [0.1, 0.15) is 58.6 Å². The molecule has 22 nitrogen and oxygen atoms in total. The molecule has 0 bridgehead atoms. The lowest BCUT2D eigenvalue weighted by Crippen LogP contribution is -2.46. The lowest BCUT2D eigenvalue weighted by Gasteiger charge is -2.38. The van der Waals surface area contributed by atoms with Gasteiger partial charge in [0.05, 0.1) is 11.1 Å². The number of hydrogen-bond acceptors (Lipinski definition) is 22. The molecule has 22 heteroatoms. The first-order chi connectivity index (χ1) is 31.6. The zero-order valence-electron chi connectivity index (χ0n) is 34.0. The second-order valence-electron chi connectivity index (χ2n) is 15.8. The third-order valence-electron chi connectivity index (χ3n) is 11.5. The van der Waals surface area contributed by atoms with Gasteiger partial charge in [0.15, 0.2) is 69.4 Å². The number of carbonyl (C=O) groups excluding carboxylic acids is 2. The molecule has 0 aromatic heterocycles. The van der Waals surface area contributed by atoms with E-state index in [0.29, 0.717) is 0 Å². The minimum atomic E-state index is -1.51. The molecule has 350 valence electrons. The van der Waals surface area contributed by atoms with E-state index in [1.807, 2.05) is 0 Å². The number of esters is 2. The predicted molar refractivity (Wildman–Crippen MR) is 221 cm³/mol. The van der Waals surface area contributed by atoms with Gasteiger partial charge in [-0.25, -0.2) is 9.59 Å². The van der Waals surface area contributed by atoms with Crippen LogP contribution in [0, 0.1) is 5.92 Å². The largest absolute Gasteiger partial charge is 0.508 e. The number of rotatable bonds is 8. The van der Waals surface area contributed by atoms with Crippen LogP contribution in [0.25, 0.3) is 0 Å². The monoisotopic (exact) mass is 930 g/mol. The minimum absolute atomic E-state index is 0.0912. The van der Waals surface area contributed by atoms with Gasteiger partial charge in [-0.3, -0.25) is 0 Å². The summed E-state index contributed by atoms with van der Waals surface area (Å²) in [6, 6.07) is 7.03. The topological polar surface area (TPSA) is 395 Å². The van der Waals surface area contributed by atoms with Crippen LogP contribution in [0.15, 0.2) is 71.9 Å². The number of allylic oxidation sites excluding steroid dienone is 1. The van der Waals surface area contributed by atoms with Crippen molar-refractivity contribution >= 4 is 11.9 Å². The molecule has 0 spiro atoms. The molecule has 5 aromatic rings. The molecule has 1 aliphatic carbocycles. The van der Waals surface area contributed by atoms with Gasteiger partial charge in [-0.15, -0.1) is 0 Å². The number of phenolic OH excluding ortho intramolecular Hbond substituents is 13. The normalized spacial score (nSPS) is 19.8. The van der Waals surface area contributed by atoms with Crippen LogP contribution in [0.2, 0.25) is 0 Å². The first-order valence-corrected chi connectivity index (χ1v) is 19.8. The lowest BCUT2D eigenvalue weighted by atomic mass is 9.84. The average molecular weight is 931 g/mol. The molecule has 2 aliphatic heterocycles. The summed E-state index contributed by atoms with van der Waals surface area (Å²) in [5.41, 5.74) is -1.75. The molecular formula is C45H38O22. The van der Waals surface area contributed by atoms with Crippen molar-refractivity contribution in [3.05, 3.63) is 111 Å². The molecule has 16 N–H and O–H groups in total. The van der Waals surface area contributed by atoms with Crippen LogP contribution in [0.5, 0.6) is 86.2 Å². The van der Waals surface area contributed by atoms with Gasteiger partial charge in [-0.2, -0.15) is 0 Å². The smallest absolute Gasteiger partial charge is 0.338 e. The van der Waals surface area contributed by atoms with Gasteiger partial charge in [0.2, 0.25) is 0 Å². The zero-order chi connectivity index (χ0) is 48.5. The van der Waals surface area contributed by atoms with Crippen LogP contribution in [-0.4, -0.2) is 112 Å². The Morgan fingerprint density at radius 1 is 0.507 bits per heavy atom. The number of aromatic hydroxyl groups is 13. The van der Waals surface area contributed by atoms with E-state index in [1.54, 1.807) is 0 Å². The van der Waals surface area contributed by atoms with Crippen LogP contribution in [-0.2, 0) is 28.7 Å². The summed E-state index contributed by atoms with van der Waals surface area (Å²) in [5, 5.41) is 167. The summed E-state index contributed by atoms with van der Waals surface area (Å²) >= 11 is 0. The van der Waals surface area contributed by atoms with Crippen molar-refractivity contribution in [2.45, 2.75) is 50.1 Å². The highest BCUT2D eigenvalue weighted by molar-refractivity contribution is 5.92. The lowest BCUT2D eigenvalue weighted by molar-refractivity contribution is -0.0336. The molecule has 5 aromatic carbocycles. The first-order valence-electron chi connectivity index (χ1n) is 19.8. The zero-order valence-corrected chi connectivity index (χ0v) is 34.0. The molecule has 5 atom stereocenters. The van der Waals surface area contributed by atoms with E-state index in [-0.39, 0.29) is 39.3 Å². The van der Waals surface area contributed by atoms with Crippen LogP contribution in [0.1, 0.15) is 61.1 Å². The molecule has 0 radical (unpaired) electrons. The number of hydrogen-bond donors (Lipinski definition) is 16. The third kappa shape index (κ3) is 7.95. The van der Waals surface area contributed by atoms with Gasteiger partial charge in [-0.1, -0.05) is 0 Å². The van der Waals surface area contributed by atoms with E-state index in [0.717, 1.165) is 54.6 Å². The van der Waals surface area contributed by atoms with E-state index >= 15 is 0 Å². The van der Waals surface area contributed by atoms with Gasteiger partial charge < -0.3 is 101 Å². The Kier molecular flexibility index (Phi) is 11.0. The number of fused-ring (bicyclic) bond motifs is 2. The fraction of sp³-hybridized carbons (Fsp3) is 0.200. The van der Waals surface area contributed by atoms with E-state index in [2.05, 4.69) is 0 Å². The number of carbonyl (C=O) groups is 2. The summed E-state index contributed by atoms with van der Waals surface area (Å²) in [6.45, 7) is 0.